The second kappa shape index (κ2) is 8.91. The van der Waals surface area contributed by atoms with Gasteiger partial charge in [-0.15, -0.1) is 0 Å². The van der Waals surface area contributed by atoms with Crippen LogP contribution in [0.2, 0.25) is 0 Å². The summed E-state index contributed by atoms with van der Waals surface area (Å²) in [6.07, 6.45) is 1.14. The summed E-state index contributed by atoms with van der Waals surface area (Å²) in [6.45, 7) is 3.75. The number of anilines is 1. The monoisotopic (exact) mass is 495 g/mol. The molecule has 0 aliphatic carbocycles. The topological polar surface area (TPSA) is 137 Å². The van der Waals surface area contributed by atoms with Crippen LogP contribution in [0.3, 0.4) is 0 Å². The van der Waals surface area contributed by atoms with Crippen LogP contribution in [-0.2, 0) is 16.4 Å². The van der Waals surface area contributed by atoms with E-state index in [4.69, 9.17) is 5.73 Å². The van der Waals surface area contributed by atoms with Crippen LogP contribution in [0.4, 0.5) is 10.1 Å². The number of nitrogens with zero attached hydrogens (tertiary/aromatic N) is 3. The molecule has 0 bridgehead atoms. The molecule has 2 aromatic heterocycles. The van der Waals surface area contributed by atoms with Gasteiger partial charge in [-0.05, 0) is 49.7 Å². The lowest BCUT2D eigenvalue weighted by Gasteiger charge is -2.10. The Morgan fingerprint density at radius 3 is 2.54 bits per heavy atom. The molecule has 2 amide bonds. The number of nitrogens with two attached hydrogens (primary N) is 1. The lowest BCUT2D eigenvalue weighted by atomic mass is 10.1. The molecule has 0 saturated carbocycles. The second-order valence-electron chi connectivity index (χ2n) is 8.16. The number of primary amides is 1. The predicted molar refractivity (Wildman–Crippen MR) is 129 cm³/mol. The van der Waals surface area contributed by atoms with Gasteiger partial charge in [-0.3, -0.25) is 14.3 Å². The molecule has 0 aliphatic rings. The fraction of sp³-hybridized carbons (Fsp3) is 0.167. The van der Waals surface area contributed by atoms with Gasteiger partial charge < -0.3 is 11.1 Å². The van der Waals surface area contributed by atoms with E-state index in [0.29, 0.717) is 22.5 Å². The van der Waals surface area contributed by atoms with Gasteiger partial charge in [0.1, 0.15) is 11.5 Å². The summed E-state index contributed by atoms with van der Waals surface area (Å²) >= 11 is 0. The number of aromatic nitrogens is 3. The van der Waals surface area contributed by atoms with Gasteiger partial charge in [-0.25, -0.2) is 17.8 Å². The summed E-state index contributed by atoms with van der Waals surface area (Å²) in [4.78, 5) is 29.3. The van der Waals surface area contributed by atoms with Gasteiger partial charge >= 0.3 is 0 Å². The highest BCUT2D eigenvalue weighted by Crippen LogP contribution is 2.24. The van der Waals surface area contributed by atoms with Gasteiger partial charge in [0.2, 0.25) is 5.91 Å². The molecule has 0 unspecified atom stereocenters. The van der Waals surface area contributed by atoms with E-state index in [-0.39, 0.29) is 28.2 Å². The molecule has 35 heavy (non-hydrogen) atoms. The van der Waals surface area contributed by atoms with Crippen LogP contribution in [0.15, 0.2) is 53.4 Å². The SMILES string of the molecule is Cc1nn(Cc2cccc(S(C)(=O)=O)c2)c(C)c1NC(=O)c1cc(C(N)=O)c2ccc(F)cc2n1. The first-order chi connectivity index (χ1) is 16.4. The molecule has 4 rings (SSSR count). The minimum Gasteiger partial charge on any atom is -0.366 e. The molecule has 4 aromatic rings. The highest BCUT2D eigenvalue weighted by molar-refractivity contribution is 7.90. The molecule has 0 atom stereocenters. The fourth-order valence-electron chi connectivity index (χ4n) is 3.78. The van der Waals surface area contributed by atoms with Crippen molar-refractivity contribution in [3.63, 3.8) is 0 Å². The number of fused-ring (bicyclic) bond motifs is 1. The molecule has 0 spiro atoms. The van der Waals surface area contributed by atoms with Crippen molar-refractivity contribution in [2.75, 3.05) is 11.6 Å². The maximum atomic E-state index is 13.7. The minimum absolute atomic E-state index is 0.0510. The average molecular weight is 496 g/mol. The third-order valence-corrected chi connectivity index (χ3v) is 6.66. The number of hydrogen-bond donors (Lipinski definition) is 2. The lowest BCUT2D eigenvalue weighted by molar-refractivity contribution is 0.100. The Morgan fingerprint density at radius 2 is 1.86 bits per heavy atom. The van der Waals surface area contributed by atoms with Crippen molar-refractivity contribution in [2.45, 2.75) is 25.3 Å². The number of halogens is 1. The van der Waals surface area contributed by atoms with E-state index >= 15 is 0 Å². The fourth-order valence-corrected chi connectivity index (χ4v) is 4.47. The molecule has 11 heteroatoms. The Kier molecular flexibility index (Phi) is 6.12. The van der Waals surface area contributed by atoms with Crippen LogP contribution in [-0.4, -0.2) is 41.3 Å². The van der Waals surface area contributed by atoms with Gasteiger partial charge in [-0.1, -0.05) is 12.1 Å². The van der Waals surface area contributed by atoms with E-state index in [9.17, 15) is 22.4 Å². The van der Waals surface area contributed by atoms with E-state index in [1.807, 2.05) is 0 Å². The minimum atomic E-state index is -3.36. The third-order valence-electron chi connectivity index (χ3n) is 5.55. The Balaban J connectivity index is 1.65. The predicted octanol–water partition coefficient (Wildman–Crippen LogP) is 2.99. The van der Waals surface area contributed by atoms with Gasteiger partial charge in [0, 0.05) is 17.7 Å². The number of sulfone groups is 1. The standard InChI is InChI=1S/C24H22FN5O4S/c1-13-22(14(2)30(29-13)12-15-5-4-6-17(9-15)35(3,33)34)28-24(32)21-11-19(23(26)31)18-8-7-16(25)10-20(18)27-21/h4-11H,12H2,1-3H3,(H2,26,31)(H,28,32). The smallest absolute Gasteiger partial charge is 0.274 e. The number of hydrogen-bond acceptors (Lipinski definition) is 6. The molecule has 2 aromatic carbocycles. The summed E-state index contributed by atoms with van der Waals surface area (Å²) < 4.78 is 39.1. The van der Waals surface area contributed by atoms with Crippen molar-refractivity contribution in [3.05, 3.63) is 82.6 Å². The van der Waals surface area contributed by atoms with Crippen LogP contribution in [0, 0.1) is 19.7 Å². The maximum Gasteiger partial charge on any atom is 0.274 e. The van der Waals surface area contributed by atoms with Crippen molar-refractivity contribution in [1.29, 1.82) is 0 Å². The molecular weight excluding hydrogens is 473 g/mol. The Morgan fingerprint density at radius 1 is 1.11 bits per heavy atom. The molecule has 2 heterocycles. The van der Waals surface area contributed by atoms with Gasteiger partial charge in [0.15, 0.2) is 9.84 Å². The zero-order valence-electron chi connectivity index (χ0n) is 19.2. The van der Waals surface area contributed by atoms with Crippen LogP contribution in [0.1, 0.15) is 37.8 Å². The first-order valence-electron chi connectivity index (χ1n) is 10.5. The number of pyridine rings is 1. The molecule has 0 radical (unpaired) electrons. The zero-order valence-corrected chi connectivity index (χ0v) is 20.0. The molecule has 0 saturated heterocycles. The second-order valence-corrected chi connectivity index (χ2v) is 10.2. The zero-order chi connectivity index (χ0) is 25.5. The lowest BCUT2D eigenvalue weighted by Crippen LogP contribution is -2.18. The Bertz CT molecular complexity index is 1610. The van der Waals surface area contributed by atoms with Gasteiger partial charge in [0.25, 0.3) is 5.91 Å². The number of benzene rings is 2. The van der Waals surface area contributed by atoms with Gasteiger partial charge in [-0.2, -0.15) is 5.10 Å². The molecule has 3 N–H and O–H groups in total. The summed E-state index contributed by atoms with van der Waals surface area (Å²) in [5.74, 6) is -1.95. The van der Waals surface area contributed by atoms with E-state index in [1.54, 1.807) is 36.7 Å². The van der Waals surface area contributed by atoms with Crippen molar-refractivity contribution in [3.8, 4) is 0 Å². The molecule has 0 aliphatic heterocycles. The third kappa shape index (κ3) is 4.90. The van der Waals surface area contributed by atoms with E-state index in [0.717, 1.165) is 17.9 Å². The summed E-state index contributed by atoms with van der Waals surface area (Å²) in [7, 11) is -3.36. The number of amides is 2. The first kappa shape index (κ1) is 24.0. The first-order valence-corrected chi connectivity index (χ1v) is 12.4. The quantitative estimate of drug-likeness (QED) is 0.422. The Labute approximate surface area is 200 Å². The summed E-state index contributed by atoms with van der Waals surface area (Å²) in [5.41, 5.74) is 7.84. The molecule has 0 fully saturated rings. The van der Waals surface area contributed by atoms with Crippen LogP contribution < -0.4 is 11.1 Å². The number of carbonyl (C=O) groups excluding carboxylic acids is 2. The molecular formula is C24H22FN5O4S. The van der Waals surface area contributed by atoms with Crippen LogP contribution >= 0.6 is 0 Å². The van der Waals surface area contributed by atoms with E-state index in [1.165, 1.54) is 24.3 Å². The Hall–Kier alpha value is -4.12. The number of nitrogens with one attached hydrogen (secondary N) is 1. The largest absolute Gasteiger partial charge is 0.366 e. The van der Waals surface area contributed by atoms with E-state index in [2.05, 4.69) is 15.4 Å². The number of carbonyl (C=O) groups is 2. The number of rotatable bonds is 6. The van der Waals surface area contributed by atoms with Crippen molar-refractivity contribution in [2.24, 2.45) is 5.73 Å². The van der Waals surface area contributed by atoms with Crippen molar-refractivity contribution in [1.82, 2.24) is 14.8 Å². The summed E-state index contributed by atoms with van der Waals surface area (Å²) in [6, 6.07) is 11.5. The highest BCUT2D eigenvalue weighted by Gasteiger charge is 2.19. The van der Waals surface area contributed by atoms with Crippen molar-refractivity contribution < 1.29 is 22.4 Å². The van der Waals surface area contributed by atoms with Gasteiger partial charge in [0.05, 0.1) is 39.6 Å². The van der Waals surface area contributed by atoms with Crippen LogP contribution in [0.5, 0.6) is 0 Å². The number of aryl methyl sites for hydroxylation is 1. The summed E-state index contributed by atoms with van der Waals surface area (Å²) in [5, 5.41) is 7.56. The average Bonchev–Trinajstić information content (AvgIpc) is 3.04. The van der Waals surface area contributed by atoms with E-state index < -0.39 is 27.5 Å². The van der Waals surface area contributed by atoms with Crippen molar-refractivity contribution >= 4 is 38.2 Å². The maximum absolute atomic E-state index is 13.7. The normalized spacial score (nSPS) is 11.5. The van der Waals surface area contributed by atoms with Crippen LogP contribution in [0.25, 0.3) is 10.9 Å². The molecule has 9 nitrogen and oxygen atoms in total. The molecule has 180 valence electrons. The highest BCUT2D eigenvalue weighted by atomic mass is 32.2.